The Labute approximate surface area is 109 Å². The summed E-state index contributed by atoms with van der Waals surface area (Å²) in [6.45, 7) is 0. The summed E-state index contributed by atoms with van der Waals surface area (Å²) in [5.74, 6) is 0. The zero-order valence-electron chi connectivity index (χ0n) is 8.85. The Morgan fingerprint density at radius 3 is 2.59 bits per heavy atom. The van der Waals surface area contributed by atoms with Crippen LogP contribution in [-0.4, -0.2) is 11.0 Å². The van der Waals surface area contributed by atoms with E-state index >= 15 is 0 Å². The molecule has 0 fully saturated rings. The van der Waals surface area contributed by atoms with Crippen molar-refractivity contribution in [2.24, 2.45) is 0 Å². The number of carbonyl (C=O) groups excluding carboxylic acids is 1. The molecule has 0 unspecified atom stereocenters. The molecule has 0 aliphatic carbocycles. The standard InChI is InChI=1S/C11H10N4O.BrH/c16-11(14-9-3-1-5-12-7-9)15-10-4-2-6-13-8-10;/h1-8H,(H2,14,15,16);1H. The highest BCUT2D eigenvalue weighted by Crippen LogP contribution is 2.05. The van der Waals surface area contributed by atoms with E-state index in [0.29, 0.717) is 11.4 Å². The third-order valence-corrected chi connectivity index (χ3v) is 1.88. The lowest BCUT2D eigenvalue weighted by atomic mass is 10.4. The van der Waals surface area contributed by atoms with Gasteiger partial charge in [-0.1, -0.05) is 0 Å². The maximum absolute atomic E-state index is 11.5. The first-order valence-electron chi connectivity index (χ1n) is 4.79. The van der Waals surface area contributed by atoms with Gasteiger partial charge in [0.05, 0.1) is 11.9 Å². The number of nitrogens with one attached hydrogen (secondary N) is 3. The number of hydrogen-bond donors (Lipinski definition) is 2. The van der Waals surface area contributed by atoms with Crippen LogP contribution in [0.15, 0.2) is 49.1 Å². The van der Waals surface area contributed by atoms with Crippen molar-refractivity contribution in [2.75, 3.05) is 10.6 Å². The number of aromatic nitrogens is 2. The molecule has 0 bridgehead atoms. The molecule has 17 heavy (non-hydrogen) atoms. The molecular formula is C11H11BrN4O. The number of rotatable bonds is 2. The normalized spacial score (nSPS) is 8.94. The quantitative estimate of drug-likeness (QED) is 0.711. The Hall–Kier alpha value is -1.95. The van der Waals surface area contributed by atoms with Crippen LogP contribution >= 0.6 is 0 Å². The molecule has 2 heterocycles. The minimum atomic E-state index is -0.299. The SMILES string of the molecule is O=C(Nc1cccnc1)Nc1ccc[nH+]c1.[Br-]. The number of urea groups is 1. The molecule has 2 aromatic heterocycles. The van der Waals surface area contributed by atoms with Crippen molar-refractivity contribution in [1.82, 2.24) is 4.98 Å². The van der Waals surface area contributed by atoms with Gasteiger partial charge in [-0.3, -0.25) is 4.98 Å². The molecule has 0 saturated carbocycles. The number of halogens is 1. The minimum absolute atomic E-state index is 0. The van der Waals surface area contributed by atoms with Crippen LogP contribution < -0.4 is 32.6 Å². The van der Waals surface area contributed by atoms with E-state index in [0.717, 1.165) is 0 Å². The van der Waals surface area contributed by atoms with E-state index in [-0.39, 0.29) is 23.0 Å². The zero-order valence-corrected chi connectivity index (χ0v) is 10.4. The highest BCUT2D eigenvalue weighted by molar-refractivity contribution is 5.99. The van der Waals surface area contributed by atoms with Crippen molar-refractivity contribution in [1.29, 1.82) is 0 Å². The van der Waals surface area contributed by atoms with Crippen molar-refractivity contribution >= 4 is 17.4 Å². The first-order valence-corrected chi connectivity index (χ1v) is 4.79. The van der Waals surface area contributed by atoms with Crippen LogP contribution in [-0.2, 0) is 0 Å². The smallest absolute Gasteiger partial charge is 0.323 e. The summed E-state index contributed by atoms with van der Waals surface area (Å²) in [5.41, 5.74) is 1.35. The second kappa shape index (κ2) is 6.59. The van der Waals surface area contributed by atoms with Gasteiger partial charge in [0.1, 0.15) is 5.69 Å². The summed E-state index contributed by atoms with van der Waals surface area (Å²) in [7, 11) is 0. The molecule has 6 heteroatoms. The maximum atomic E-state index is 11.5. The van der Waals surface area contributed by atoms with Crippen LogP contribution in [0, 0.1) is 0 Å². The molecule has 0 aliphatic heterocycles. The maximum Gasteiger partial charge on any atom is 0.323 e. The third-order valence-electron chi connectivity index (χ3n) is 1.88. The van der Waals surface area contributed by atoms with Gasteiger partial charge in [-0.2, -0.15) is 0 Å². The number of carbonyl (C=O) groups is 1. The van der Waals surface area contributed by atoms with E-state index in [1.807, 2.05) is 0 Å². The predicted molar refractivity (Wildman–Crippen MR) is 59.9 cm³/mol. The highest BCUT2D eigenvalue weighted by Gasteiger charge is 2.02. The first-order chi connectivity index (χ1) is 7.84. The van der Waals surface area contributed by atoms with Gasteiger partial charge in [0.25, 0.3) is 0 Å². The molecule has 0 saturated heterocycles. The molecule has 0 radical (unpaired) electrons. The van der Waals surface area contributed by atoms with Crippen molar-refractivity contribution < 1.29 is 26.8 Å². The van der Waals surface area contributed by atoms with Gasteiger partial charge in [0.2, 0.25) is 0 Å². The van der Waals surface area contributed by atoms with Crippen LogP contribution in [0.4, 0.5) is 16.2 Å². The van der Waals surface area contributed by atoms with Crippen molar-refractivity contribution in [3.05, 3.63) is 49.1 Å². The molecule has 2 rings (SSSR count). The molecule has 0 aliphatic rings. The minimum Gasteiger partial charge on any atom is -1.00 e. The Balaban J connectivity index is 0.00000144. The van der Waals surface area contributed by atoms with E-state index in [9.17, 15) is 4.79 Å². The van der Waals surface area contributed by atoms with E-state index < -0.39 is 0 Å². The fraction of sp³-hybridized carbons (Fsp3) is 0. The number of amides is 2. The fourth-order valence-electron chi connectivity index (χ4n) is 1.20. The van der Waals surface area contributed by atoms with Gasteiger partial charge in [0.15, 0.2) is 12.4 Å². The summed E-state index contributed by atoms with van der Waals surface area (Å²) in [6, 6.07) is 6.82. The highest BCUT2D eigenvalue weighted by atomic mass is 79.9. The average Bonchev–Trinajstić information content (AvgIpc) is 2.31. The zero-order chi connectivity index (χ0) is 11.2. The third kappa shape index (κ3) is 4.20. The lowest BCUT2D eigenvalue weighted by Gasteiger charge is -2.04. The monoisotopic (exact) mass is 294 g/mol. The topological polar surface area (TPSA) is 68.2 Å². The molecular weight excluding hydrogens is 284 g/mol. The van der Waals surface area contributed by atoms with Gasteiger partial charge in [-0.05, 0) is 18.2 Å². The molecule has 5 nitrogen and oxygen atoms in total. The number of aromatic amines is 1. The number of hydrogen-bond acceptors (Lipinski definition) is 2. The van der Waals surface area contributed by atoms with Gasteiger partial charge >= 0.3 is 6.03 Å². The Bertz CT molecular complexity index is 420. The lowest BCUT2D eigenvalue weighted by molar-refractivity contribution is -0.377. The Kier molecular flexibility index (Phi) is 5.09. The molecule has 0 atom stereocenters. The number of pyridine rings is 2. The summed E-state index contributed by atoms with van der Waals surface area (Å²) in [6.07, 6.45) is 6.69. The first kappa shape index (κ1) is 13.1. The van der Waals surface area contributed by atoms with Crippen molar-refractivity contribution in [2.45, 2.75) is 0 Å². The molecule has 2 amide bonds. The van der Waals surface area contributed by atoms with Gasteiger partial charge in [-0.25, -0.2) is 9.78 Å². The van der Waals surface area contributed by atoms with E-state index in [1.54, 1.807) is 49.1 Å². The van der Waals surface area contributed by atoms with Crippen LogP contribution in [0.5, 0.6) is 0 Å². The average molecular weight is 295 g/mol. The second-order valence-electron chi connectivity index (χ2n) is 3.11. The van der Waals surface area contributed by atoms with E-state index in [4.69, 9.17) is 0 Å². The molecule has 0 aromatic carbocycles. The van der Waals surface area contributed by atoms with Gasteiger partial charge in [-0.15, -0.1) is 0 Å². The molecule has 3 N–H and O–H groups in total. The summed E-state index contributed by atoms with van der Waals surface area (Å²) in [4.78, 5) is 18.3. The molecule has 88 valence electrons. The number of H-pyrrole nitrogens is 1. The van der Waals surface area contributed by atoms with E-state index in [2.05, 4.69) is 20.6 Å². The van der Waals surface area contributed by atoms with Crippen LogP contribution in [0.2, 0.25) is 0 Å². The summed E-state index contributed by atoms with van der Waals surface area (Å²) in [5, 5.41) is 5.35. The van der Waals surface area contributed by atoms with Gasteiger partial charge < -0.3 is 27.6 Å². The molecule has 2 aromatic rings. The van der Waals surface area contributed by atoms with Crippen LogP contribution in [0.25, 0.3) is 0 Å². The number of anilines is 2. The van der Waals surface area contributed by atoms with Gasteiger partial charge in [0, 0.05) is 12.3 Å². The van der Waals surface area contributed by atoms with Crippen LogP contribution in [0.1, 0.15) is 0 Å². The summed E-state index contributed by atoms with van der Waals surface area (Å²) >= 11 is 0. The Morgan fingerprint density at radius 2 is 1.94 bits per heavy atom. The Morgan fingerprint density at radius 1 is 1.18 bits per heavy atom. The summed E-state index contributed by atoms with van der Waals surface area (Å²) < 4.78 is 0. The fourth-order valence-corrected chi connectivity index (χ4v) is 1.20. The predicted octanol–water partition coefficient (Wildman–Crippen LogP) is -1.46. The molecule has 0 spiro atoms. The lowest BCUT2D eigenvalue weighted by Crippen LogP contribution is -3.00. The largest absolute Gasteiger partial charge is 1.00 e. The van der Waals surface area contributed by atoms with Crippen molar-refractivity contribution in [3.8, 4) is 0 Å². The van der Waals surface area contributed by atoms with Crippen molar-refractivity contribution in [3.63, 3.8) is 0 Å². The van der Waals surface area contributed by atoms with E-state index in [1.165, 1.54) is 0 Å². The second-order valence-corrected chi connectivity index (χ2v) is 3.11. The van der Waals surface area contributed by atoms with Crippen LogP contribution in [0.3, 0.4) is 0 Å². The number of nitrogens with zero attached hydrogens (tertiary/aromatic N) is 1.